The third-order valence-corrected chi connectivity index (χ3v) is 1.87. The zero-order chi connectivity index (χ0) is 11.1. The minimum atomic E-state index is -0.157. The predicted molar refractivity (Wildman–Crippen MR) is 58.4 cm³/mol. The van der Waals surface area contributed by atoms with Crippen LogP contribution in [-0.2, 0) is 9.53 Å². The minimum Gasteiger partial charge on any atom is -0.469 e. The molecule has 0 aliphatic carbocycles. The van der Waals surface area contributed by atoms with Gasteiger partial charge in [-0.2, -0.15) is 5.10 Å². The van der Waals surface area contributed by atoms with E-state index in [2.05, 4.69) is 14.9 Å². The first-order valence-electron chi connectivity index (χ1n) is 4.72. The van der Waals surface area contributed by atoms with E-state index in [1.165, 1.54) is 7.11 Å². The summed E-state index contributed by atoms with van der Waals surface area (Å²) in [5, 5.41) is 7.91. The van der Waals surface area contributed by atoms with Gasteiger partial charge >= 0.3 is 5.97 Å². The molecule has 1 aromatic carbocycles. The van der Waals surface area contributed by atoms with Crippen molar-refractivity contribution in [2.75, 3.05) is 7.11 Å². The number of nitrogens with zero attached hydrogens (tertiary/aromatic N) is 1. The van der Waals surface area contributed by atoms with Crippen molar-refractivity contribution < 1.29 is 9.53 Å². The van der Waals surface area contributed by atoms with E-state index in [4.69, 9.17) is 0 Å². The molecule has 15 heavy (non-hydrogen) atoms. The zero-order valence-electron chi connectivity index (χ0n) is 8.86. The van der Waals surface area contributed by atoms with Gasteiger partial charge < -0.3 is 4.74 Å². The lowest BCUT2D eigenvalue weighted by molar-refractivity contribution is -0.140. The summed E-state index contributed by atoms with van der Waals surface area (Å²) in [5.41, 5.74) is 1.09. The van der Waals surface area contributed by atoms with E-state index >= 15 is 0 Å². The fourth-order valence-electron chi connectivity index (χ4n) is 1.03. The number of methoxy groups -OCH3 is 1. The predicted octanol–water partition coefficient (Wildman–Crippen LogP) is 2.13. The number of hydrogen-bond donors (Lipinski definition) is 1. The second-order valence-corrected chi connectivity index (χ2v) is 2.89. The number of H-pyrrole nitrogens is 1. The molecule has 0 unspecified atom stereocenters. The van der Waals surface area contributed by atoms with Gasteiger partial charge in [-0.3, -0.25) is 9.89 Å². The first-order chi connectivity index (χ1) is 7.27. The zero-order valence-corrected chi connectivity index (χ0v) is 8.86. The average Bonchev–Trinajstić information content (AvgIpc) is 2.76. The summed E-state index contributed by atoms with van der Waals surface area (Å²) >= 11 is 0. The number of benzene rings is 1. The molecule has 0 aliphatic heterocycles. The topological polar surface area (TPSA) is 55.0 Å². The van der Waals surface area contributed by atoms with Crippen molar-refractivity contribution in [3.63, 3.8) is 0 Å². The van der Waals surface area contributed by atoms with Crippen LogP contribution in [0.3, 0.4) is 0 Å². The summed E-state index contributed by atoms with van der Waals surface area (Å²) in [6.07, 6.45) is 2.28. The molecule has 1 aromatic heterocycles. The smallest absolute Gasteiger partial charge is 0.305 e. The Bertz CT molecular complexity index is 387. The number of carbonyl (C=O) groups excluding carboxylic acids is 1. The van der Waals surface area contributed by atoms with Gasteiger partial charge in [0.1, 0.15) is 0 Å². The van der Waals surface area contributed by atoms with Gasteiger partial charge in [-0.25, -0.2) is 0 Å². The quantitative estimate of drug-likeness (QED) is 0.727. The molecule has 0 saturated carbocycles. The van der Waals surface area contributed by atoms with E-state index in [1.807, 2.05) is 30.5 Å². The molecule has 2 aromatic rings. The first kappa shape index (κ1) is 11.2. The summed E-state index contributed by atoms with van der Waals surface area (Å²) in [6.45, 7) is 1.76. The largest absolute Gasteiger partial charge is 0.469 e. The molecule has 1 N–H and O–H groups in total. The highest BCUT2D eigenvalue weighted by Gasteiger charge is 1.88. The van der Waals surface area contributed by atoms with E-state index in [0.717, 1.165) is 10.9 Å². The van der Waals surface area contributed by atoms with Crippen LogP contribution in [0.1, 0.15) is 13.3 Å². The van der Waals surface area contributed by atoms with Crippen molar-refractivity contribution in [2.45, 2.75) is 13.3 Å². The molecule has 0 saturated heterocycles. The van der Waals surface area contributed by atoms with E-state index in [0.29, 0.717) is 6.42 Å². The van der Waals surface area contributed by atoms with Crippen LogP contribution in [0.4, 0.5) is 0 Å². The second kappa shape index (κ2) is 5.80. The summed E-state index contributed by atoms with van der Waals surface area (Å²) in [7, 11) is 1.38. The van der Waals surface area contributed by atoms with E-state index in [-0.39, 0.29) is 5.97 Å². The molecule has 0 radical (unpaired) electrons. The molecule has 80 valence electrons. The Kier molecular flexibility index (Phi) is 4.34. The maximum Gasteiger partial charge on any atom is 0.305 e. The number of carbonyl (C=O) groups is 1. The maximum absolute atomic E-state index is 9.96. The normalized spacial score (nSPS) is 9.20. The molecular weight excluding hydrogens is 192 g/mol. The lowest BCUT2D eigenvalue weighted by atomic mass is 10.3. The van der Waals surface area contributed by atoms with Crippen molar-refractivity contribution in [1.82, 2.24) is 10.2 Å². The average molecular weight is 206 g/mol. The van der Waals surface area contributed by atoms with Crippen LogP contribution < -0.4 is 0 Å². The number of esters is 1. The number of para-hydroxylation sites is 1. The van der Waals surface area contributed by atoms with Gasteiger partial charge in [0, 0.05) is 11.8 Å². The third kappa shape index (κ3) is 3.42. The SMILES string of the molecule is CCC(=O)OC.c1ccc2[nH]ncc2c1. The summed E-state index contributed by atoms with van der Waals surface area (Å²) in [5.74, 6) is -0.157. The van der Waals surface area contributed by atoms with Crippen LogP contribution in [0.2, 0.25) is 0 Å². The van der Waals surface area contributed by atoms with Crippen LogP contribution in [0, 0.1) is 0 Å². The number of nitrogens with one attached hydrogen (secondary N) is 1. The number of rotatable bonds is 1. The van der Waals surface area contributed by atoms with Crippen LogP contribution >= 0.6 is 0 Å². The molecule has 1 heterocycles. The van der Waals surface area contributed by atoms with Gasteiger partial charge in [0.15, 0.2) is 0 Å². The molecular formula is C11H14N2O2. The lowest BCUT2D eigenvalue weighted by Crippen LogP contribution is -1.94. The van der Waals surface area contributed by atoms with Crippen molar-refractivity contribution >= 4 is 16.9 Å². The molecule has 0 aliphatic rings. The standard InChI is InChI=1S/C7H6N2.C4H8O2/c1-2-4-7-6(3-1)5-8-9-7;1-3-4(5)6-2/h1-5H,(H,8,9);3H2,1-2H3. The van der Waals surface area contributed by atoms with Crippen molar-refractivity contribution in [3.8, 4) is 0 Å². The first-order valence-corrected chi connectivity index (χ1v) is 4.72. The van der Waals surface area contributed by atoms with Gasteiger partial charge in [-0.1, -0.05) is 25.1 Å². The molecule has 2 rings (SSSR count). The Morgan fingerprint density at radius 3 is 2.73 bits per heavy atom. The van der Waals surface area contributed by atoms with Crippen LogP contribution in [0.5, 0.6) is 0 Å². The highest BCUT2D eigenvalue weighted by Crippen LogP contribution is 2.06. The maximum atomic E-state index is 9.96. The van der Waals surface area contributed by atoms with E-state index in [9.17, 15) is 4.79 Å². The van der Waals surface area contributed by atoms with Gasteiger partial charge in [0.2, 0.25) is 0 Å². The summed E-state index contributed by atoms with van der Waals surface area (Å²) < 4.78 is 4.26. The molecule has 0 atom stereocenters. The molecule has 4 nitrogen and oxygen atoms in total. The Hall–Kier alpha value is -1.84. The highest BCUT2D eigenvalue weighted by atomic mass is 16.5. The van der Waals surface area contributed by atoms with Crippen LogP contribution in [0.15, 0.2) is 30.5 Å². The van der Waals surface area contributed by atoms with Gasteiger partial charge in [-0.15, -0.1) is 0 Å². The van der Waals surface area contributed by atoms with Crippen molar-refractivity contribution in [1.29, 1.82) is 0 Å². The van der Waals surface area contributed by atoms with Gasteiger partial charge in [0.25, 0.3) is 0 Å². The monoisotopic (exact) mass is 206 g/mol. The summed E-state index contributed by atoms with van der Waals surface area (Å²) in [6, 6.07) is 8.01. The molecule has 0 bridgehead atoms. The molecule has 0 amide bonds. The molecule has 4 heteroatoms. The van der Waals surface area contributed by atoms with Crippen LogP contribution in [-0.4, -0.2) is 23.3 Å². The number of aromatic amines is 1. The third-order valence-electron chi connectivity index (χ3n) is 1.87. The summed E-state index contributed by atoms with van der Waals surface area (Å²) in [4.78, 5) is 9.96. The molecule has 0 fully saturated rings. The Labute approximate surface area is 88.3 Å². The van der Waals surface area contributed by atoms with Crippen molar-refractivity contribution in [2.24, 2.45) is 0 Å². The van der Waals surface area contributed by atoms with Crippen LogP contribution in [0.25, 0.3) is 10.9 Å². The Morgan fingerprint density at radius 1 is 1.47 bits per heavy atom. The van der Waals surface area contributed by atoms with Gasteiger partial charge in [0.05, 0.1) is 18.8 Å². The van der Waals surface area contributed by atoms with Gasteiger partial charge in [-0.05, 0) is 6.07 Å². The van der Waals surface area contributed by atoms with E-state index < -0.39 is 0 Å². The van der Waals surface area contributed by atoms with Crippen molar-refractivity contribution in [3.05, 3.63) is 30.5 Å². The number of fused-ring (bicyclic) bond motifs is 1. The number of aromatic nitrogens is 2. The number of ether oxygens (including phenoxy) is 1. The Balaban J connectivity index is 0.000000167. The Morgan fingerprint density at radius 2 is 2.20 bits per heavy atom. The molecule has 0 spiro atoms. The fourth-order valence-corrected chi connectivity index (χ4v) is 1.03. The lowest BCUT2D eigenvalue weighted by Gasteiger charge is -1.87. The number of hydrogen-bond acceptors (Lipinski definition) is 3. The fraction of sp³-hybridized carbons (Fsp3) is 0.273. The minimum absolute atomic E-state index is 0.157. The second-order valence-electron chi connectivity index (χ2n) is 2.89. The van der Waals surface area contributed by atoms with E-state index in [1.54, 1.807) is 6.92 Å². The highest BCUT2D eigenvalue weighted by molar-refractivity contribution is 5.77.